The summed E-state index contributed by atoms with van der Waals surface area (Å²) in [6.07, 6.45) is -4.41. The molecule has 0 bridgehead atoms. The van der Waals surface area contributed by atoms with E-state index in [4.69, 9.17) is 5.73 Å². The molecule has 0 atom stereocenters. The number of nitrogens with zero attached hydrogens (tertiary/aromatic N) is 1. The van der Waals surface area contributed by atoms with Crippen LogP contribution >= 0.6 is 0 Å². The monoisotopic (exact) mass is 360 g/mol. The van der Waals surface area contributed by atoms with Crippen LogP contribution in [0.2, 0.25) is 19.6 Å². The smallest absolute Gasteiger partial charge is 0.398 e. The van der Waals surface area contributed by atoms with Gasteiger partial charge in [0.15, 0.2) is 0 Å². The van der Waals surface area contributed by atoms with Crippen molar-refractivity contribution in [2.75, 3.05) is 5.73 Å². The first kappa shape index (κ1) is 17.5. The van der Waals surface area contributed by atoms with Crippen LogP contribution in [0.1, 0.15) is 5.56 Å². The molecule has 1 aromatic heterocycles. The van der Waals surface area contributed by atoms with Gasteiger partial charge in [-0.2, -0.15) is 13.2 Å². The van der Waals surface area contributed by atoms with E-state index in [9.17, 15) is 13.2 Å². The van der Waals surface area contributed by atoms with Crippen molar-refractivity contribution >= 4 is 29.9 Å². The van der Waals surface area contributed by atoms with Crippen molar-refractivity contribution in [2.45, 2.75) is 25.8 Å². The van der Waals surface area contributed by atoms with Crippen LogP contribution in [-0.2, 0) is 6.18 Å². The summed E-state index contributed by atoms with van der Waals surface area (Å²) < 4.78 is 39.2. The number of alkyl halides is 3. The van der Waals surface area contributed by atoms with Gasteiger partial charge in [0.05, 0.1) is 24.8 Å². The van der Waals surface area contributed by atoms with Gasteiger partial charge in [-0.3, -0.25) is 0 Å². The summed E-state index contributed by atoms with van der Waals surface area (Å²) >= 11 is 0. The van der Waals surface area contributed by atoms with E-state index in [1.807, 2.05) is 30.3 Å². The Morgan fingerprint density at radius 3 is 2.16 bits per heavy atom. The molecule has 0 spiro atoms. The molecule has 0 saturated heterocycles. The lowest BCUT2D eigenvalue weighted by molar-refractivity contribution is -0.137. The Morgan fingerprint density at radius 2 is 1.60 bits per heavy atom. The van der Waals surface area contributed by atoms with Gasteiger partial charge in [-0.15, -0.1) is 0 Å². The molecular formula is C19H19F3N2Si. The second-order valence-electron chi connectivity index (χ2n) is 7.09. The zero-order valence-electron chi connectivity index (χ0n) is 14.3. The molecular weight excluding hydrogens is 341 g/mol. The standard InChI is InChI=1S/C19H19F3N2Si/c1-25(2,3)18-16(23)14-10-9-13(19(20,21)22)11-15(14)24-17(18)12-7-5-4-6-8-12/h4-11H,1-3H3,(H2,23,24). The van der Waals surface area contributed by atoms with Crippen LogP contribution in [0.3, 0.4) is 0 Å². The lowest BCUT2D eigenvalue weighted by Crippen LogP contribution is -2.41. The summed E-state index contributed by atoms with van der Waals surface area (Å²) in [5.41, 5.74) is 8.06. The average molecular weight is 360 g/mol. The highest BCUT2D eigenvalue weighted by molar-refractivity contribution is 6.91. The summed E-state index contributed by atoms with van der Waals surface area (Å²) in [5.74, 6) is 0. The predicted molar refractivity (Wildman–Crippen MR) is 99.6 cm³/mol. The minimum atomic E-state index is -4.41. The maximum absolute atomic E-state index is 13.1. The quantitative estimate of drug-likeness (QED) is 0.650. The molecule has 130 valence electrons. The number of hydrogen-bond acceptors (Lipinski definition) is 2. The first-order valence-electron chi connectivity index (χ1n) is 7.95. The van der Waals surface area contributed by atoms with Gasteiger partial charge in [0.1, 0.15) is 0 Å². The Balaban J connectivity index is 2.39. The van der Waals surface area contributed by atoms with E-state index in [2.05, 4.69) is 24.6 Å². The molecule has 0 aliphatic rings. The SMILES string of the molecule is C[Si](C)(C)c1c(-c2ccccc2)nc2cc(C(F)(F)F)ccc2c1N. The first-order valence-corrected chi connectivity index (χ1v) is 11.5. The van der Waals surface area contributed by atoms with Crippen LogP contribution in [0.15, 0.2) is 48.5 Å². The van der Waals surface area contributed by atoms with Crippen LogP contribution in [-0.4, -0.2) is 13.1 Å². The van der Waals surface area contributed by atoms with Crippen molar-refractivity contribution < 1.29 is 13.2 Å². The van der Waals surface area contributed by atoms with E-state index < -0.39 is 19.8 Å². The van der Waals surface area contributed by atoms with Crippen LogP contribution in [0.4, 0.5) is 18.9 Å². The van der Waals surface area contributed by atoms with Gasteiger partial charge < -0.3 is 5.73 Å². The van der Waals surface area contributed by atoms with Crippen molar-refractivity contribution in [1.82, 2.24) is 4.98 Å². The van der Waals surface area contributed by atoms with E-state index in [1.165, 1.54) is 6.07 Å². The van der Waals surface area contributed by atoms with Crippen molar-refractivity contribution in [3.63, 3.8) is 0 Å². The number of aromatic nitrogens is 1. The Kier molecular flexibility index (Phi) is 4.11. The highest BCUT2D eigenvalue weighted by Gasteiger charge is 2.32. The summed E-state index contributed by atoms with van der Waals surface area (Å²) in [5, 5.41) is 1.55. The first-order chi connectivity index (χ1) is 11.6. The topological polar surface area (TPSA) is 38.9 Å². The molecule has 2 nitrogen and oxygen atoms in total. The third-order valence-electron chi connectivity index (χ3n) is 4.15. The van der Waals surface area contributed by atoms with E-state index >= 15 is 0 Å². The van der Waals surface area contributed by atoms with Crippen LogP contribution < -0.4 is 10.9 Å². The number of benzene rings is 2. The van der Waals surface area contributed by atoms with E-state index in [0.717, 1.165) is 22.9 Å². The third-order valence-corrected chi connectivity index (χ3v) is 6.16. The van der Waals surface area contributed by atoms with Crippen molar-refractivity contribution in [1.29, 1.82) is 0 Å². The number of hydrogen-bond donors (Lipinski definition) is 1. The average Bonchev–Trinajstić information content (AvgIpc) is 2.53. The normalized spacial score (nSPS) is 12.6. The fraction of sp³-hybridized carbons (Fsp3) is 0.211. The van der Waals surface area contributed by atoms with Gasteiger partial charge in [-0.25, -0.2) is 4.98 Å². The number of fused-ring (bicyclic) bond motifs is 1. The predicted octanol–water partition coefficient (Wildman–Crippen LogP) is 5.05. The molecule has 2 N–H and O–H groups in total. The van der Waals surface area contributed by atoms with E-state index in [0.29, 0.717) is 16.8 Å². The second kappa shape index (κ2) is 5.88. The van der Waals surface area contributed by atoms with Gasteiger partial charge >= 0.3 is 6.18 Å². The summed E-state index contributed by atoms with van der Waals surface area (Å²) in [6.45, 7) is 6.47. The van der Waals surface area contributed by atoms with E-state index in [-0.39, 0.29) is 5.52 Å². The minimum Gasteiger partial charge on any atom is -0.398 e. The number of halogens is 3. The van der Waals surface area contributed by atoms with Crippen LogP contribution in [0, 0.1) is 0 Å². The molecule has 0 amide bonds. The third kappa shape index (κ3) is 3.26. The van der Waals surface area contributed by atoms with Gasteiger partial charge in [-0.05, 0) is 17.3 Å². The highest BCUT2D eigenvalue weighted by atomic mass is 28.3. The van der Waals surface area contributed by atoms with Crippen molar-refractivity contribution in [2.24, 2.45) is 0 Å². The molecule has 3 rings (SSSR count). The molecule has 0 aliphatic heterocycles. The molecule has 0 saturated carbocycles. The number of pyridine rings is 1. The lowest BCUT2D eigenvalue weighted by Gasteiger charge is -2.24. The largest absolute Gasteiger partial charge is 0.416 e. The van der Waals surface area contributed by atoms with Gasteiger partial charge in [-0.1, -0.05) is 56.0 Å². The summed E-state index contributed by atoms with van der Waals surface area (Å²) in [6, 6.07) is 13.1. The zero-order valence-corrected chi connectivity index (χ0v) is 15.3. The molecule has 0 radical (unpaired) electrons. The van der Waals surface area contributed by atoms with Crippen LogP contribution in [0.25, 0.3) is 22.2 Å². The van der Waals surface area contributed by atoms with Crippen LogP contribution in [0.5, 0.6) is 0 Å². The lowest BCUT2D eigenvalue weighted by atomic mass is 10.1. The number of anilines is 1. The Labute approximate surface area is 145 Å². The Hall–Kier alpha value is -2.34. The van der Waals surface area contributed by atoms with Gasteiger partial charge in [0, 0.05) is 16.6 Å². The molecule has 3 aromatic rings. The fourth-order valence-corrected chi connectivity index (χ4v) is 4.88. The molecule has 1 heterocycles. The Bertz CT molecular complexity index is 929. The fourth-order valence-electron chi connectivity index (χ4n) is 3.03. The van der Waals surface area contributed by atoms with E-state index in [1.54, 1.807) is 0 Å². The number of nitrogens with two attached hydrogens (primary N) is 1. The van der Waals surface area contributed by atoms with Gasteiger partial charge in [0.2, 0.25) is 0 Å². The molecule has 6 heteroatoms. The molecule has 0 unspecified atom stereocenters. The molecule has 0 fully saturated rings. The maximum Gasteiger partial charge on any atom is 0.416 e. The molecule has 2 aromatic carbocycles. The second-order valence-corrected chi connectivity index (χ2v) is 12.1. The summed E-state index contributed by atoms with van der Waals surface area (Å²) in [7, 11) is -1.88. The number of nitrogen functional groups attached to an aromatic ring is 1. The molecule has 0 aliphatic carbocycles. The van der Waals surface area contributed by atoms with Gasteiger partial charge in [0.25, 0.3) is 0 Å². The molecule has 25 heavy (non-hydrogen) atoms. The maximum atomic E-state index is 13.1. The van der Waals surface area contributed by atoms with Crippen molar-refractivity contribution in [3.05, 3.63) is 54.1 Å². The highest BCUT2D eigenvalue weighted by Crippen LogP contribution is 2.34. The van der Waals surface area contributed by atoms with Crippen molar-refractivity contribution in [3.8, 4) is 11.3 Å². The number of rotatable bonds is 2. The minimum absolute atomic E-state index is 0.271. The summed E-state index contributed by atoms with van der Waals surface area (Å²) in [4.78, 5) is 4.60. The Morgan fingerprint density at radius 1 is 0.960 bits per heavy atom. The zero-order chi connectivity index (χ0) is 18.4.